The number of halogens is 1. The lowest BCUT2D eigenvalue weighted by Crippen LogP contribution is -2.49. The summed E-state index contributed by atoms with van der Waals surface area (Å²) in [6.07, 6.45) is 0. The van der Waals surface area contributed by atoms with Crippen molar-refractivity contribution in [2.24, 2.45) is 0 Å². The SMILES string of the molecule is N#Cc1ccc(F)c(CN2CCNC(=O)C2c2cccs2)c1. The summed E-state index contributed by atoms with van der Waals surface area (Å²) in [5.41, 5.74) is 0.862. The summed E-state index contributed by atoms with van der Waals surface area (Å²) < 4.78 is 14.0. The number of hydrogen-bond acceptors (Lipinski definition) is 4. The molecule has 1 amide bonds. The molecule has 0 aliphatic carbocycles. The number of carbonyl (C=O) groups excluding carboxylic acids is 1. The summed E-state index contributed by atoms with van der Waals surface area (Å²) >= 11 is 1.51. The molecule has 1 aromatic carbocycles. The maximum absolute atomic E-state index is 14.0. The van der Waals surface area contributed by atoms with Gasteiger partial charge in [-0.05, 0) is 29.6 Å². The van der Waals surface area contributed by atoms with Crippen LogP contribution in [0.25, 0.3) is 0 Å². The molecule has 1 aliphatic heterocycles. The summed E-state index contributed by atoms with van der Waals surface area (Å²) in [4.78, 5) is 15.1. The maximum atomic E-state index is 14.0. The molecule has 1 saturated heterocycles. The maximum Gasteiger partial charge on any atom is 0.242 e. The molecule has 1 N–H and O–H groups in total. The zero-order valence-corrected chi connectivity index (χ0v) is 12.6. The van der Waals surface area contributed by atoms with E-state index in [0.29, 0.717) is 30.8 Å². The molecule has 0 bridgehead atoms. The summed E-state index contributed by atoms with van der Waals surface area (Å²) in [7, 11) is 0. The van der Waals surface area contributed by atoms with Crippen molar-refractivity contribution in [3.63, 3.8) is 0 Å². The topological polar surface area (TPSA) is 56.1 Å². The van der Waals surface area contributed by atoms with Crippen LogP contribution in [0.3, 0.4) is 0 Å². The van der Waals surface area contributed by atoms with Crippen LogP contribution in [-0.4, -0.2) is 23.9 Å². The Labute approximate surface area is 131 Å². The van der Waals surface area contributed by atoms with Crippen LogP contribution < -0.4 is 5.32 Å². The van der Waals surface area contributed by atoms with Crippen molar-refractivity contribution in [2.45, 2.75) is 12.6 Å². The molecule has 112 valence electrons. The summed E-state index contributed by atoms with van der Waals surface area (Å²) in [5, 5.41) is 13.7. The Kier molecular flexibility index (Phi) is 4.18. The van der Waals surface area contributed by atoms with Crippen LogP contribution in [0.15, 0.2) is 35.7 Å². The Morgan fingerprint density at radius 2 is 2.32 bits per heavy atom. The Morgan fingerprint density at radius 3 is 3.05 bits per heavy atom. The number of carbonyl (C=O) groups is 1. The van der Waals surface area contributed by atoms with Gasteiger partial charge in [0.2, 0.25) is 5.91 Å². The van der Waals surface area contributed by atoms with Crippen LogP contribution in [0.5, 0.6) is 0 Å². The molecule has 0 spiro atoms. The van der Waals surface area contributed by atoms with Crippen molar-refractivity contribution in [1.29, 1.82) is 5.26 Å². The highest BCUT2D eigenvalue weighted by Crippen LogP contribution is 2.29. The van der Waals surface area contributed by atoms with Gasteiger partial charge >= 0.3 is 0 Å². The van der Waals surface area contributed by atoms with Gasteiger partial charge in [-0.15, -0.1) is 11.3 Å². The average Bonchev–Trinajstić information content (AvgIpc) is 3.03. The van der Waals surface area contributed by atoms with Gasteiger partial charge in [0.1, 0.15) is 11.9 Å². The van der Waals surface area contributed by atoms with Crippen molar-refractivity contribution >= 4 is 17.2 Å². The van der Waals surface area contributed by atoms with Gasteiger partial charge in [0, 0.05) is 30.1 Å². The van der Waals surface area contributed by atoms with Crippen LogP contribution in [0.4, 0.5) is 4.39 Å². The highest BCUT2D eigenvalue weighted by atomic mass is 32.1. The van der Waals surface area contributed by atoms with Crippen LogP contribution >= 0.6 is 11.3 Å². The quantitative estimate of drug-likeness (QED) is 0.946. The molecule has 2 aromatic rings. The number of thiophene rings is 1. The Morgan fingerprint density at radius 1 is 1.45 bits per heavy atom. The smallest absolute Gasteiger partial charge is 0.242 e. The number of nitrogens with zero attached hydrogens (tertiary/aromatic N) is 2. The lowest BCUT2D eigenvalue weighted by molar-refractivity contribution is -0.129. The molecule has 1 aliphatic rings. The molecule has 1 unspecified atom stereocenters. The number of benzene rings is 1. The minimum Gasteiger partial charge on any atom is -0.353 e. The highest BCUT2D eigenvalue weighted by Gasteiger charge is 2.32. The Hall–Kier alpha value is -2.23. The van der Waals surface area contributed by atoms with Gasteiger partial charge < -0.3 is 5.32 Å². The summed E-state index contributed by atoms with van der Waals surface area (Å²) in [6.45, 7) is 1.49. The van der Waals surface area contributed by atoms with Gasteiger partial charge in [-0.1, -0.05) is 6.07 Å². The lowest BCUT2D eigenvalue weighted by Gasteiger charge is -2.34. The molecule has 1 aromatic heterocycles. The zero-order chi connectivity index (χ0) is 15.5. The van der Waals surface area contributed by atoms with E-state index in [1.54, 1.807) is 6.07 Å². The van der Waals surface area contributed by atoms with E-state index in [2.05, 4.69) is 5.32 Å². The monoisotopic (exact) mass is 315 g/mol. The minimum absolute atomic E-state index is 0.0643. The second kappa shape index (κ2) is 6.26. The van der Waals surface area contributed by atoms with E-state index in [0.717, 1.165) is 4.88 Å². The molecular weight excluding hydrogens is 301 g/mol. The zero-order valence-electron chi connectivity index (χ0n) is 11.8. The first kappa shape index (κ1) is 14.7. The third-order valence-corrected chi connectivity index (χ3v) is 4.60. The third-order valence-electron chi connectivity index (χ3n) is 3.67. The molecule has 4 nitrogen and oxygen atoms in total. The number of amides is 1. The second-order valence-electron chi connectivity index (χ2n) is 5.10. The number of hydrogen-bond donors (Lipinski definition) is 1. The lowest BCUT2D eigenvalue weighted by atomic mass is 10.1. The van der Waals surface area contributed by atoms with E-state index in [4.69, 9.17) is 5.26 Å². The van der Waals surface area contributed by atoms with Gasteiger partial charge in [0.05, 0.1) is 11.6 Å². The number of piperazine rings is 1. The first-order valence-corrected chi connectivity index (χ1v) is 7.80. The summed E-state index contributed by atoms with van der Waals surface area (Å²) in [6, 6.07) is 9.73. The molecule has 6 heteroatoms. The minimum atomic E-state index is -0.404. The van der Waals surface area contributed by atoms with Crippen molar-refractivity contribution in [3.8, 4) is 6.07 Å². The van der Waals surface area contributed by atoms with Crippen molar-refractivity contribution < 1.29 is 9.18 Å². The average molecular weight is 315 g/mol. The van der Waals surface area contributed by atoms with Gasteiger partial charge in [0.25, 0.3) is 0 Å². The summed E-state index contributed by atoms with van der Waals surface area (Å²) in [5.74, 6) is -0.416. The van der Waals surface area contributed by atoms with Crippen molar-refractivity contribution in [1.82, 2.24) is 10.2 Å². The number of nitriles is 1. The number of nitrogens with one attached hydrogen (secondary N) is 1. The first-order chi connectivity index (χ1) is 10.7. The largest absolute Gasteiger partial charge is 0.353 e. The Balaban J connectivity index is 1.89. The molecular formula is C16H14FN3OS. The molecule has 0 radical (unpaired) electrons. The van der Waals surface area contributed by atoms with Crippen LogP contribution in [0.2, 0.25) is 0 Å². The second-order valence-corrected chi connectivity index (χ2v) is 6.08. The first-order valence-electron chi connectivity index (χ1n) is 6.93. The predicted octanol–water partition coefficient (Wildman–Crippen LogP) is 2.43. The molecule has 1 fully saturated rings. The third kappa shape index (κ3) is 2.86. The molecule has 22 heavy (non-hydrogen) atoms. The van der Waals surface area contributed by atoms with Gasteiger partial charge in [-0.25, -0.2) is 4.39 Å². The van der Waals surface area contributed by atoms with Crippen LogP contribution in [0.1, 0.15) is 22.0 Å². The van der Waals surface area contributed by atoms with E-state index in [1.807, 2.05) is 28.5 Å². The van der Waals surface area contributed by atoms with Crippen molar-refractivity contribution in [2.75, 3.05) is 13.1 Å². The van der Waals surface area contributed by atoms with Gasteiger partial charge in [0.15, 0.2) is 0 Å². The fraction of sp³-hybridized carbons (Fsp3) is 0.250. The highest BCUT2D eigenvalue weighted by molar-refractivity contribution is 7.10. The molecule has 3 rings (SSSR count). The van der Waals surface area contributed by atoms with Crippen molar-refractivity contribution in [3.05, 3.63) is 57.5 Å². The predicted molar refractivity (Wildman–Crippen MR) is 81.6 cm³/mol. The molecule has 0 saturated carbocycles. The normalized spacial score (nSPS) is 18.7. The van der Waals surface area contributed by atoms with Gasteiger partial charge in [-0.3, -0.25) is 9.69 Å². The molecule has 1 atom stereocenters. The van der Waals surface area contributed by atoms with Crippen LogP contribution in [0, 0.1) is 17.1 Å². The van der Waals surface area contributed by atoms with Crippen LogP contribution in [-0.2, 0) is 11.3 Å². The van der Waals surface area contributed by atoms with E-state index in [9.17, 15) is 9.18 Å². The standard InChI is InChI=1S/C16H14FN3OS/c17-13-4-3-11(9-18)8-12(13)10-20-6-5-19-16(21)15(20)14-2-1-7-22-14/h1-4,7-8,15H,5-6,10H2,(H,19,21). The fourth-order valence-corrected chi connectivity index (χ4v) is 3.48. The Bertz CT molecular complexity index is 723. The van der Waals surface area contributed by atoms with Gasteiger partial charge in [-0.2, -0.15) is 5.26 Å². The number of rotatable bonds is 3. The van der Waals surface area contributed by atoms with E-state index in [1.165, 1.54) is 23.5 Å². The van der Waals surface area contributed by atoms with E-state index in [-0.39, 0.29) is 11.7 Å². The van der Waals surface area contributed by atoms with E-state index < -0.39 is 6.04 Å². The fourth-order valence-electron chi connectivity index (χ4n) is 2.62. The van der Waals surface area contributed by atoms with E-state index >= 15 is 0 Å². The molecule has 2 heterocycles.